The van der Waals surface area contributed by atoms with Gasteiger partial charge in [0.2, 0.25) is 11.7 Å². The second kappa shape index (κ2) is 9.09. The monoisotopic (exact) mass is 419 g/mol. The zero-order valence-corrected chi connectivity index (χ0v) is 16.5. The molecule has 1 fully saturated rings. The minimum Gasteiger partial charge on any atom is -0.331 e. The van der Waals surface area contributed by atoms with Crippen LogP contribution in [0, 0.1) is 0 Å². The maximum Gasteiger partial charge on any atom is 0.246 e. The lowest BCUT2D eigenvalue weighted by molar-refractivity contribution is -0.135. The molecule has 3 heterocycles. The number of carbonyl (C=O) groups is 1. The van der Waals surface area contributed by atoms with Crippen LogP contribution < -0.4 is 5.32 Å². The van der Waals surface area contributed by atoms with Crippen LogP contribution in [0.2, 0.25) is 5.02 Å². The number of tetrazole rings is 1. The second-order valence-corrected chi connectivity index (χ2v) is 6.68. The molecule has 0 saturated carbocycles. The third kappa shape index (κ3) is 4.46. The maximum atomic E-state index is 12.9. The van der Waals surface area contributed by atoms with Crippen molar-refractivity contribution < 1.29 is 4.79 Å². The van der Waals surface area contributed by atoms with Gasteiger partial charge in [-0.3, -0.25) is 9.78 Å². The van der Waals surface area contributed by atoms with Crippen molar-refractivity contribution in [3.05, 3.63) is 59.4 Å². The number of pyridine rings is 1. The van der Waals surface area contributed by atoms with Crippen molar-refractivity contribution in [2.45, 2.75) is 12.6 Å². The summed E-state index contributed by atoms with van der Waals surface area (Å²) < 4.78 is 0. The van der Waals surface area contributed by atoms with Crippen molar-refractivity contribution in [3.63, 3.8) is 0 Å². The van der Waals surface area contributed by atoms with E-state index in [0.29, 0.717) is 23.9 Å². The van der Waals surface area contributed by atoms with E-state index in [4.69, 9.17) is 11.6 Å². The van der Waals surface area contributed by atoms with Crippen LogP contribution >= 0.6 is 24.0 Å². The number of carbonyl (C=O) groups excluding carboxylic acids is 1. The average molecular weight is 420 g/mol. The lowest BCUT2D eigenvalue weighted by Gasteiger charge is -2.36. The molecule has 1 aliphatic rings. The molecule has 1 aliphatic heterocycles. The number of nitrogens with one attached hydrogen (secondary N) is 1. The Morgan fingerprint density at radius 2 is 2.07 bits per heavy atom. The molecule has 146 valence electrons. The standard InChI is InChI=1S/C18H18ClN7O.ClH/c19-15-5-3-13(4-6-15)18-22-24-26(23-18)12-17(27)25-9-8-21-11-16(25)14-2-1-7-20-10-14;/h1-7,10,16,21H,8-9,11-12H2;1H. The maximum absolute atomic E-state index is 12.9. The minimum absolute atomic E-state index is 0. The number of halogens is 2. The van der Waals surface area contributed by atoms with Gasteiger partial charge in [-0.2, -0.15) is 4.80 Å². The molecule has 2 aromatic heterocycles. The average Bonchev–Trinajstić information content (AvgIpc) is 3.17. The normalized spacial score (nSPS) is 16.5. The Morgan fingerprint density at radius 1 is 1.25 bits per heavy atom. The van der Waals surface area contributed by atoms with Crippen LogP contribution in [0.3, 0.4) is 0 Å². The molecule has 1 atom stereocenters. The van der Waals surface area contributed by atoms with E-state index >= 15 is 0 Å². The summed E-state index contributed by atoms with van der Waals surface area (Å²) in [6.45, 7) is 2.11. The number of amides is 1. The Labute approximate surface area is 173 Å². The fraction of sp³-hybridized carbons (Fsp3) is 0.278. The molecule has 10 heteroatoms. The molecule has 8 nitrogen and oxygen atoms in total. The smallest absolute Gasteiger partial charge is 0.246 e. The van der Waals surface area contributed by atoms with E-state index in [9.17, 15) is 4.79 Å². The highest BCUT2D eigenvalue weighted by Gasteiger charge is 2.28. The van der Waals surface area contributed by atoms with Crippen LogP contribution in [-0.2, 0) is 11.3 Å². The zero-order chi connectivity index (χ0) is 18.6. The highest BCUT2D eigenvalue weighted by molar-refractivity contribution is 6.30. The van der Waals surface area contributed by atoms with Gasteiger partial charge in [0.25, 0.3) is 0 Å². The lowest BCUT2D eigenvalue weighted by Crippen LogP contribution is -2.49. The topological polar surface area (TPSA) is 88.8 Å². The van der Waals surface area contributed by atoms with Crippen LogP contribution in [0.25, 0.3) is 11.4 Å². The van der Waals surface area contributed by atoms with E-state index in [2.05, 4.69) is 25.7 Å². The molecule has 1 aromatic carbocycles. The third-order valence-electron chi connectivity index (χ3n) is 4.46. The summed E-state index contributed by atoms with van der Waals surface area (Å²) in [6, 6.07) is 11.0. The number of hydrogen-bond donors (Lipinski definition) is 1. The number of benzene rings is 1. The second-order valence-electron chi connectivity index (χ2n) is 6.24. The van der Waals surface area contributed by atoms with Crippen molar-refractivity contribution >= 4 is 29.9 Å². The first-order chi connectivity index (χ1) is 13.2. The van der Waals surface area contributed by atoms with Crippen LogP contribution in [0.1, 0.15) is 11.6 Å². The number of rotatable bonds is 4. The van der Waals surface area contributed by atoms with Gasteiger partial charge in [0.15, 0.2) is 0 Å². The molecule has 3 aromatic rings. The van der Waals surface area contributed by atoms with Crippen LogP contribution in [-0.4, -0.2) is 55.6 Å². The summed E-state index contributed by atoms with van der Waals surface area (Å²) in [5.74, 6) is 0.411. The van der Waals surface area contributed by atoms with Crippen LogP contribution in [0.4, 0.5) is 0 Å². The van der Waals surface area contributed by atoms with Crippen LogP contribution in [0.5, 0.6) is 0 Å². The highest BCUT2D eigenvalue weighted by atomic mass is 35.5. The fourth-order valence-corrected chi connectivity index (χ4v) is 3.24. The molecule has 0 aliphatic carbocycles. The third-order valence-corrected chi connectivity index (χ3v) is 4.72. The largest absolute Gasteiger partial charge is 0.331 e. The number of aromatic nitrogens is 5. The molecule has 0 spiro atoms. The van der Waals surface area contributed by atoms with Gasteiger partial charge in [0.1, 0.15) is 6.54 Å². The molecule has 28 heavy (non-hydrogen) atoms. The van der Waals surface area contributed by atoms with E-state index in [-0.39, 0.29) is 30.9 Å². The van der Waals surface area contributed by atoms with Gasteiger partial charge in [0, 0.05) is 42.6 Å². The van der Waals surface area contributed by atoms with Gasteiger partial charge in [-0.05, 0) is 41.1 Å². The van der Waals surface area contributed by atoms with E-state index in [0.717, 1.165) is 17.7 Å². The summed E-state index contributed by atoms with van der Waals surface area (Å²) in [6.07, 6.45) is 3.52. The summed E-state index contributed by atoms with van der Waals surface area (Å²) in [5, 5.41) is 16.3. The van der Waals surface area contributed by atoms with E-state index in [1.807, 2.05) is 29.2 Å². The Kier molecular flexibility index (Phi) is 6.56. The van der Waals surface area contributed by atoms with Crippen LogP contribution in [0.15, 0.2) is 48.8 Å². The summed E-state index contributed by atoms with van der Waals surface area (Å²) >= 11 is 5.90. The Balaban J connectivity index is 0.00000225. The molecule has 0 bridgehead atoms. The SMILES string of the molecule is Cl.O=C(Cn1nnc(-c2ccc(Cl)cc2)n1)N1CCNCC1c1cccnc1. The Hall–Kier alpha value is -2.55. The van der Waals surface area contributed by atoms with Gasteiger partial charge < -0.3 is 10.2 Å². The Morgan fingerprint density at radius 3 is 2.82 bits per heavy atom. The van der Waals surface area contributed by atoms with E-state index < -0.39 is 0 Å². The molecule has 0 radical (unpaired) electrons. The fourth-order valence-electron chi connectivity index (χ4n) is 3.11. The molecule has 1 N–H and O–H groups in total. The van der Waals surface area contributed by atoms with Gasteiger partial charge in [-0.15, -0.1) is 22.6 Å². The molecular weight excluding hydrogens is 401 g/mol. The molecule has 1 amide bonds. The van der Waals surface area contributed by atoms with Gasteiger partial charge in [-0.1, -0.05) is 17.7 Å². The van der Waals surface area contributed by atoms with Crippen molar-refractivity contribution in [1.29, 1.82) is 0 Å². The number of piperazine rings is 1. The first kappa shape index (κ1) is 20.2. The lowest BCUT2D eigenvalue weighted by atomic mass is 10.1. The predicted molar refractivity (Wildman–Crippen MR) is 107 cm³/mol. The van der Waals surface area contributed by atoms with Gasteiger partial charge >= 0.3 is 0 Å². The predicted octanol–water partition coefficient (Wildman–Crippen LogP) is 1.98. The molecular formula is C18H19Cl2N7O. The van der Waals surface area contributed by atoms with Crippen molar-refractivity contribution in [2.75, 3.05) is 19.6 Å². The van der Waals surface area contributed by atoms with E-state index in [1.54, 1.807) is 24.5 Å². The summed E-state index contributed by atoms with van der Waals surface area (Å²) in [7, 11) is 0. The number of hydrogen-bond acceptors (Lipinski definition) is 6. The molecule has 4 rings (SSSR count). The van der Waals surface area contributed by atoms with Crippen molar-refractivity contribution in [3.8, 4) is 11.4 Å². The molecule has 1 unspecified atom stereocenters. The highest BCUT2D eigenvalue weighted by Crippen LogP contribution is 2.22. The summed E-state index contributed by atoms with van der Waals surface area (Å²) in [5.41, 5.74) is 1.81. The minimum atomic E-state index is -0.0563. The summed E-state index contributed by atoms with van der Waals surface area (Å²) in [4.78, 5) is 20.2. The number of nitrogens with zero attached hydrogens (tertiary/aromatic N) is 6. The first-order valence-electron chi connectivity index (χ1n) is 8.64. The zero-order valence-electron chi connectivity index (χ0n) is 14.9. The van der Waals surface area contributed by atoms with Gasteiger partial charge in [0.05, 0.1) is 6.04 Å². The molecule has 1 saturated heterocycles. The van der Waals surface area contributed by atoms with Gasteiger partial charge in [-0.25, -0.2) is 0 Å². The van der Waals surface area contributed by atoms with Crippen molar-refractivity contribution in [1.82, 2.24) is 35.4 Å². The van der Waals surface area contributed by atoms with Crippen molar-refractivity contribution in [2.24, 2.45) is 0 Å². The Bertz CT molecular complexity index is 917. The van der Waals surface area contributed by atoms with E-state index in [1.165, 1.54) is 4.80 Å². The quantitative estimate of drug-likeness (QED) is 0.695. The first-order valence-corrected chi connectivity index (χ1v) is 9.02.